The zero-order valence-corrected chi connectivity index (χ0v) is 12.6. The van der Waals surface area contributed by atoms with E-state index in [-0.39, 0.29) is 11.9 Å². The van der Waals surface area contributed by atoms with Gasteiger partial charge in [-0.2, -0.15) is 0 Å². The van der Waals surface area contributed by atoms with Gasteiger partial charge in [0.2, 0.25) is 5.91 Å². The molecule has 1 aliphatic rings. The first kappa shape index (κ1) is 14.8. The van der Waals surface area contributed by atoms with Gasteiger partial charge in [-0.05, 0) is 30.5 Å². The topological polar surface area (TPSA) is 62.5 Å². The van der Waals surface area contributed by atoms with E-state index in [4.69, 9.17) is 5.73 Å². The van der Waals surface area contributed by atoms with E-state index < -0.39 is 0 Å². The van der Waals surface area contributed by atoms with E-state index in [1.807, 2.05) is 11.1 Å². The van der Waals surface area contributed by atoms with Gasteiger partial charge < -0.3 is 15.5 Å². The van der Waals surface area contributed by atoms with Crippen molar-refractivity contribution in [3.8, 4) is 0 Å². The van der Waals surface area contributed by atoms with E-state index in [1.54, 1.807) is 6.92 Å². The molecule has 2 heterocycles. The van der Waals surface area contributed by atoms with Crippen LogP contribution in [0, 0.1) is 6.92 Å². The Morgan fingerprint density at radius 1 is 1.40 bits per heavy atom. The highest BCUT2D eigenvalue weighted by atomic mass is 16.2. The lowest BCUT2D eigenvalue weighted by molar-refractivity contribution is -0.129. The van der Waals surface area contributed by atoms with Crippen molar-refractivity contribution in [3.63, 3.8) is 0 Å². The highest BCUT2D eigenvalue weighted by Gasteiger charge is 2.21. The van der Waals surface area contributed by atoms with Gasteiger partial charge in [0.25, 0.3) is 0 Å². The van der Waals surface area contributed by atoms with Crippen LogP contribution in [0.2, 0.25) is 0 Å². The highest BCUT2D eigenvalue weighted by molar-refractivity contribution is 5.73. The van der Waals surface area contributed by atoms with Crippen LogP contribution in [0.3, 0.4) is 0 Å². The molecule has 0 unspecified atom stereocenters. The van der Waals surface area contributed by atoms with Crippen LogP contribution in [0.15, 0.2) is 12.3 Å². The van der Waals surface area contributed by atoms with Gasteiger partial charge in [-0.25, -0.2) is 4.98 Å². The molecule has 0 bridgehead atoms. The maximum absolute atomic E-state index is 11.3. The number of nitrogens with two attached hydrogens (primary N) is 1. The predicted octanol–water partition coefficient (Wildman–Crippen LogP) is 1.47. The number of piperazine rings is 1. The number of aromatic nitrogens is 1. The lowest BCUT2D eigenvalue weighted by atomic mass is 10.1. The van der Waals surface area contributed by atoms with Crippen molar-refractivity contribution in [2.24, 2.45) is 5.73 Å². The summed E-state index contributed by atoms with van der Waals surface area (Å²) in [6, 6.07) is 2.19. The molecule has 2 N–H and O–H groups in total. The molecule has 20 heavy (non-hydrogen) atoms. The first-order valence-electron chi connectivity index (χ1n) is 7.25. The second kappa shape index (κ2) is 6.22. The number of aryl methyl sites for hydroxylation is 1. The smallest absolute Gasteiger partial charge is 0.219 e. The van der Waals surface area contributed by atoms with E-state index >= 15 is 0 Å². The van der Waals surface area contributed by atoms with E-state index in [0.717, 1.165) is 49.5 Å². The van der Waals surface area contributed by atoms with Crippen LogP contribution in [-0.2, 0) is 4.79 Å². The molecule has 1 saturated heterocycles. The van der Waals surface area contributed by atoms with Gasteiger partial charge in [0.15, 0.2) is 0 Å². The normalized spacial score (nSPS) is 17.2. The Morgan fingerprint density at radius 3 is 2.55 bits per heavy atom. The summed E-state index contributed by atoms with van der Waals surface area (Å²) < 4.78 is 0. The van der Waals surface area contributed by atoms with E-state index in [9.17, 15) is 4.79 Å². The molecule has 0 saturated carbocycles. The first-order valence-corrected chi connectivity index (χ1v) is 7.25. The Morgan fingerprint density at radius 2 is 2.05 bits per heavy atom. The number of anilines is 1. The number of pyridine rings is 1. The van der Waals surface area contributed by atoms with Crippen LogP contribution in [0.5, 0.6) is 0 Å². The number of hydrogen-bond acceptors (Lipinski definition) is 4. The maximum atomic E-state index is 11.3. The van der Waals surface area contributed by atoms with E-state index in [0.29, 0.717) is 0 Å². The Bertz CT molecular complexity index is 481. The fourth-order valence-corrected chi connectivity index (χ4v) is 2.59. The standard InChI is InChI=1S/C15H24N4O/c1-4-14(16)13-9-11(2)15(17-10-13)19-7-5-18(6-8-19)12(3)20/h9-10,14H,4-8,16H2,1-3H3/t14-/m0/s1. The summed E-state index contributed by atoms with van der Waals surface area (Å²) in [5.41, 5.74) is 8.29. The third-order valence-corrected chi connectivity index (χ3v) is 3.96. The van der Waals surface area contributed by atoms with Crippen LogP contribution in [0.4, 0.5) is 5.82 Å². The third kappa shape index (κ3) is 3.10. The monoisotopic (exact) mass is 276 g/mol. The Balaban J connectivity index is 2.09. The van der Waals surface area contributed by atoms with Gasteiger partial charge >= 0.3 is 0 Å². The minimum atomic E-state index is 0.0600. The SMILES string of the molecule is CC[C@H](N)c1cnc(N2CCN(C(C)=O)CC2)c(C)c1. The summed E-state index contributed by atoms with van der Waals surface area (Å²) >= 11 is 0. The van der Waals surface area contributed by atoms with Gasteiger partial charge in [-0.3, -0.25) is 4.79 Å². The summed E-state index contributed by atoms with van der Waals surface area (Å²) in [5, 5.41) is 0. The number of carbonyl (C=O) groups is 1. The van der Waals surface area contributed by atoms with Crippen molar-refractivity contribution in [3.05, 3.63) is 23.4 Å². The molecule has 0 aliphatic carbocycles. The van der Waals surface area contributed by atoms with Gasteiger partial charge in [-0.1, -0.05) is 6.92 Å². The lowest BCUT2D eigenvalue weighted by Crippen LogP contribution is -2.48. The molecule has 5 heteroatoms. The van der Waals surface area contributed by atoms with Crippen LogP contribution >= 0.6 is 0 Å². The zero-order valence-electron chi connectivity index (χ0n) is 12.6. The van der Waals surface area contributed by atoms with Gasteiger partial charge in [0.05, 0.1) is 0 Å². The molecule has 1 fully saturated rings. The summed E-state index contributed by atoms with van der Waals surface area (Å²) in [5.74, 6) is 1.17. The third-order valence-electron chi connectivity index (χ3n) is 3.96. The fourth-order valence-electron chi connectivity index (χ4n) is 2.59. The predicted molar refractivity (Wildman–Crippen MR) is 80.7 cm³/mol. The van der Waals surface area contributed by atoms with Crippen molar-refractivity contribution in [2.45, 2.75) is 33.2 Å². The molecule has 1 aromatic heterocycles. The largest absolute Gasteiger partial charge is 0.353 e. The summed E-state index contributed by atoms with van der Waals surface area (Å²) in [6.45, 7) is 9.00. The Kier molecular flexibility index (Phi) is 4.60. The number of amides is 1. The molecule has 0 spiro atoms. The highest BCUT2D eigenvalue weighted by Crippen LogP contribution is 2.22. The number of carbonyl (C=O) groups excluding carboxylic acids is 1. The fraction of sp³-hybridized carbons (Fsp3) is 0.600. The molecule has 1 aliphatic heterocycles. The van der Waals surface area contributed by atoms with Gasteiger partial charge in [0, 0.05) is 45.3 Å². The molecule has 1 amide bonds. The molecule has 2 rings (SSSR count). The first-order chi connectivity index (χ1) is 9.52. The Hall–Kier alpha value is -1.62. The van der Waals surface area contributed by atoms with Crippen molar-refractivity contribution >= 4 is 11.7 Å². The number of hydrogen-bond donors (Lipinski definition) is 1. The van der Waals surface area contributed by atoms with Gasteiger partial charge in [-0.15, -0.1) is 0 Å². The molecule has 5 nitrogen and oxygen atoms in total. The van der Waals surface area contributed by atoms with Crippen LogP contribution in [0.1, 0.15) is 37.4 Å². The molecule has 110 valence electrons. The van der Waals surface area contributed by atoms with Crippen LogP contribution in [0.25, 0.3) is 0 Å². The molecular weight excluding hydrogens is 252 g/mol. The summed E-state index contributed by atoms with van der Waals surface area (Å²) in [6.07, 6.45) is 2.80. The second-order valence-corrected chi connectivity index (χ2v) is 5.42. The van der Waals surface area contributed by atoms with Crippen LogP contribution in [-0.4, -0.2) is 42.0 Å². The lowest BCUT2D eigenvalue weighted by Gasteiger charge is -2.35. The zero-order chi connectivity index (χ0) is 14.7. The molecular formula is C15H24N4O. The average molecular weight is 276 g/mol. The van der Waals surface area contributed by atoms with Crippen LogP contribution < -0.4 is 10.6 Å². The average Bonchev–Trinajstić information content (AvgIpc) is 2.46. The van der Waals surface area contributed by atoms with Gasteiger partial charge in [0.1, 0.15) is 5.82 Å². The van der Waals surface area contributed by atoms with Crippen molar-refractivity contribution in [1.29, 1.82) is 0 Å². The van der Waals surface area contributed by atoms with Crippen molar-refractivity contribution in [1.82, 2.24) is 9.88 Å². The number of rotatable bonds is 3. The minimum absolute atomic E-state index is 0.0600. The van der Waals surface area contributed by atoms with E-state index in [2.05, 4.69) is 29.8 Å². The van der Waals surface area contributed by atoms with E-state index in [1.165, 1.54) is 0 Å². The molecule has 0 aromatic carbocycles. The maximum Gasteiger partial charge on any atom is 0.219 e. The van der Waals surface area contributed by atoms with Crippen molar-refractivity contribution in [2.75, 3.05) is 31.1 Å². The van der Waals surface area contributed by atoms with Crippen molar-refractivity contribution < 1.29 is 4.79 Å². The Labute approximate surface area is 120 Å². The molecule has 1 aromatic rings. The summed E-state index contributed by atoms with van der Waals surface area (Å²) in [7, 11) is 0. The minimum Gasteiger partial charge on any atom is -0.353 e. The molecule has 1 atom stereocenters. The number of nitrogens with zero attached hydrogens (tertiary/aromatic N) is 3. The second-order valence-electron chi connectivity index (χ2n) is 5.42. The summed E-state index contributed by atoms with van der Waals surface area (Å²) in [4.78, 5) is 20.1. The quantitative estimate of drug-likeness (QED) is 0.908. The molecule has 0 radical (unpaired) electrons.